The highest BCUT2D eigenvalue weighted by atomic mass is 35.6. The van der Waals surface area contributed by atoms with E-state index >= 15 is 0 Å². The van der Waals surface area contributed by atoms with Gasteiger partial charge < -0.3 is 5.73 Å². The van der Waals surface area contributed by atoms with E-state index in [1.165, 1.54) is 32.1 Å². The van der Waals surface area contributed by atoms with E-state index in [2.05, 4.69) is 21.9 Å². The normalized spacial score (nSPS) is 11.8. The lowest BCUT2D eigenvalue weighted by Crippen LogP contribution is -2.13. The fraction of sp³-hybridized carbons (Fsp3) is 0.769. The highest BCUT2D eigenvalue weighted by Gasteiger charge is 2.27. The molecular weight excluding hydrogens is 319 g/mol. The predicted octanol–water partition coefficient (Wildman–Crippen LogP) is 4.57. The van der Waals surface area contributed by atoms with Crippen molar-refractivity contribution in [2.45, 2.75) is 62.1 Å². The summed E-state index contributed by atoms with van der Waals surface area (Å²) in [6, 6.07) is 0. The summed E-state index contributed by atoms with van der Waals surface area (Å²) in [5.41, 5.74) is 5.60. The summed E-state index contributed by atoms with van der Waals surface area (Å²) < 4.78 is -1.66. The van der Waals surface area contributed by atoms with Gasteiger partial charge in [0.2, 0.25) is 9.74 Å². The van der Waals surface area contributed by atoms with Crippen molar-refractivity contribution >= 4 is 40.8 Å². The molecular formula is C13H21Cl3N4. The Morgan fingerprint density at radius 1 is 0.900 bits per heavy atom. The molecule has 0 spiro atoms. The van der Waals surface area contributed by atoms with Gasteiger partial charge in [0.15, 0.2) is 5.82 Å². The van der Waals surface area contributed by atoms with E-state index in [0.29, 0.717) is 5.82 Å². The molecule has 0 amide bonds. The summed E-state index contributed by atoms with van der Waals surface area (Å²) in [5.74, 6) is 0.777. The second kappa shape index (κ2) is 8.85. The number of hydrogen-bond donors (Lipinski definition) is 1. The largest absolute Gasteiger partial charge is 0.368 e. The number of aromatic nitrogens is 3. The number of unbranched alkanes of at least 4 members (excludes halogenated alkanes) is 6. The lowest BCUT2D eigenvalue weighted by molar-refractivity contribution is 0.583. The molecule has 7 heteroatoms. The van der Waals surface area contributed by atoms with E-state index in [9.17, 15) is 0 Å². The first-order chi connectivity index (χ1) is 9.43. The van der Waals surface area contributed by atoms with Gasteiger partial charge in [-0.05, 0) is 6.42 Å². The number of aryl methyl sites for hydroxylation is 1. The number of halogens is 3. The molecule has 0 bridgehead atoms. The lowest BCUT2D eigenvalue weighted by atomic mass is 10.1. The second-order valence-electron chi connectivity index (χ2n) is 4.80. The topological polar surface area (TPSA) is 64.7 Å². The minimum atomic E-state index is -1.66. The average molecular weight is 340 g/mol. The van der Waals surface area contributed by atoms with Crippen molar-refractivity contribution in [3.8, 4) is 0 Å². The quantitative estimate of drug-likeness (QED) is 0.556. The summed E-state index contributed by atoms with van der Waals surface area (Å²) in [6.07, 6.45) is 9.30. The van der Waals surface area contributed by atoms with Crippen LogP contribution in [0.2, 0.25) is 0 Å². The molecule has 0 unspecified atom stereocenters. The van der Waals surface area contributed by atoms with E-state index in [0.717, 1.165) is 19.3 Å². The molecule has 0 atom stereocenters. The van der Waals surface area contributed by atoms with Gasteiger partial charge in [0.1, 0.15) is 5.82 Å². The summed E-state index contributed by atoms with van der Waals surface area (Å²) >= 11 is 17.3. The van der Waals surface area contributed by atoms with E-state index < -0.39 is 3.79 Å². The van der Waals surface area contributed by atoms with Gasteiger partial charge in [-0.15, -0.1) is 0 Å². The Bertz CT molecular complexity index is 407. The first-order valence-electron chi connectivity index (χ1n) is 7.01. The SMILES string of the molecule is CCCCCCCCCc1nc(N)nc(C(Cl)(Cl)Cl)n1. The second-order valence-corrected chi connectivity index (χ2v) is 7.08. The van der Waals surface area contributed by atoms with Crippen LogP contribution in [-0.2, 0) is 10.2 Å². The molecule has 0 saturated heterocycles. The molecule has 0 fully saturated rings. The maximum atomic E-state index is 5.76. The minimum absolute atomic E-state index is 0.0907. The van der Waals surface area contributed by atoms with Gasteiger partial charge in [0.05, 0.1) is 0 Å². The van der Waals surface area contributed by atoms with Crippen LogP contribution in [-0.4, -0.2) is 15.0 Å². The highest BCUT2D eigenvalue weighted by Crippen LogP contribution is 2.35. The van der Waals surface area contributed by atoms with Crippen molar-refractivity contribution in [2.24, 2.45) is 0 Å². The van der Waals surface area contributed by atoms with Gasteiger partial charge in [0.25, 0.3) is 0 Å². The van der Waals surface area contributed by atoms with E-state index in [1.54, 1.807) is 0 Å². The molecule has 0 aliphatic heterocycles. The summed E-state index contributed by atoms with van der Waals surface area (Å²) in [5, 5.41) is 0. The number of nitrogens with zero attached hydrogens (tertiary/aromatic N) is 3. The Labute approximate surface area is 135 Å². The average Bonchev–Trinajstić information content (AvgIpc) is 2.36. The van der Waals surface area contributed by atoms with E-state index in [4.69, 9.17) is 40.5 Å². The number of rotatable bonds is 8. The highest BCUT2D eigenvalue weighted by molar-refractivity contribution is 6.66. The Morgan fingerprint density at radius 2 is 1.50 bits per heavy atom. The number of nitrogens with two attached hydrogens (primary N) is 1. The molecule has 1 aromatic heterocycles. The third-order valence-corrected chi connectivity index (χ3v) is 3.46. The van der Waals surface area contributed by atoms with Crippen LogP contribution in [0.4, 0.5) is 5.95 Å². The molecule has 1 rings (SSSR count). The van der Waals surface area contributed by atoms with Crippen LogP contribution in [0.5, 0.6) is 0 Å². The standard InChI is InChI=1S/C13H21Cl3N4/c1-2-3-4-5-6-7-8-9-10-18-11(13(14,15)16)20-12(17)19-10/h2-9H2,1H3,(H2,17,18,19,20). The molecule has 0 saturated carbocycles. The fourth-order valence-electron chi connectivity index (χ4n) is 1.92. The molecule has 1 heterocycles. The van der Waals surface area contributed by atoms with Gasteiger partial charge in [-0.25, -0.2) is 4.98 Å². The molecule has 20 heavy (non-hydrogen) atoms. The van der Waals surface area contributed by atoms with Gasteiger partial charge in [-0.3, -0.25) is 0 Å². The number of anilines is 1. The van der Waals surface area contributed by atoms with Crippen LogP contribution in [0.1, 0.15) is 63.5 Å². The van der Waals surface area contributed by atoms with Gasteiger partial charge in [-0.2, -0.15) is 9.97 Å². The molecule has 0 aromatic carbocycles. The monoisotopic (exact) mass is 338 g/mol. The zero-order valence-corrected chi connectivity index (χ0v) is 14.0. The summed E-state index contributed by atoms with van der Waals surface area (Å²) in [7, 11) is 0. The molecule has 1 aromatic rings. The Balaban J connectivity index is 2.39. The summed E-state index contributed by atoms with van der Waals surface area (Å²) in [6.45, 7) is 2.22. The zero-order chi connectivity index (χ0) is 15.0. The van der Waals surface area contributed by atoms with Crippen LogP contribution in [0.3, 0.4) is 0 Å². The molecule has 4 nitrogen and oxygen atoms in total. The summed E-state index contributed by atoms with van der Waals surface area (Å²) in [4.78, 5) is 12.1. The van der Waals surface area contributed by atoms with Crippen LogP contribution < -0.4 is 5.73 Å². The first kappa shape index (κ1) is 17.7. The van der Waals surface area contributed by atoms with Crippen molar-refractivity contribution in [1.82, 2.24) is 15.0 Å². The van der Waals surface area contributed by atoms with Crippen molar-refractivity contribution in [3.05, 3.63) is 11.6 Å². The van der Waals surface area contributed by atoms with Crippen molar-refractivity contribution in [2.75, 3.05) is 5.73 Å². The number of hydrogen-bond acceptors (Lipinski definition) is 4. The van der Waals surface area contributed by atoms with E-state index in [-0.39, 0.29) is 11.8 Å². The Kier molecular flexibility index (Phi) is 7.85. The van der Waals surface area contributed by atoms with Crippen LogP contribution in [0.25, 0.3) is 0 Å². The molecule has 2 N–H and O–H groups in total. The van der Waals surface area contributed by atoms with Crippen LogP contribution in [0, 0.1) is 0 Å². The fourth-order valence-corrected chi connectivity index (χ4v) is 2.17. The van der Waals surface area contributed by atoms with Gasteiger partial charge in [0, 0.05) is 6.42 Å². The Morgan fingerprint density at radius 3 is 2.10 bits per heavy atom. The van der Waals surface area contributed by atoms with Gasteiger partial charge >= 0.3 is 0 Å². The first-order valence-corrected chi connectivity index (χ1v) is 8.14. The zero-order valence-electron chi connectivity index (χ0n) is 11.7. The molecule has 0 aliphatic rings. The molecule has 114 valence electrons. The minimum Gasteiger partial charge on any atom is -0.368 e. The molecule has 0 aliphatic carbocycles. The van der Waals surface area contributed by atoms with Crippen molar-refractivity contribution < 1.29 is 0 Å². The van der Waals surface area contributed by atoms with Crippen molar-refractivity contribution in [1.29, 1.82) is 0 Å². The van der Waals surface area contributed by atoms with Crippen LogP contribution in [0.15, 0.2) is 0 Å². The maximum absolute atomic E-state index is 5.76. The number of alkyl halides is 3. The van der Waals surface area contributed by atoms with E-state index in [1.807, 2.05) is 0 Å². The number of nitrogen functional groups attached to an aromatic ring is 1. The smallest absolute Gasteiger partial charge is 0.250 e. The lowest BCUT2D eigenvalue weighted by Gasteiger charge is -2.10. The molecule has 0 radical (unpaired) electrons. The van der Waals surface area contributed by atoms with Gasteiger partial charge in [-0.1, -0.05) is 80.3 Å². The Hall–Kier alpha value is -0.320. The maximum Gasteiger partial charge on any atom is 0.250 e. The van der Waals surface area contributed by atoms with Crippen molar-refractivity contribution in [3.63, 3.8) is 0 Å². The third-order valence-electron chi connectivity index (χ3n) is 2.96. The van der Waals surface area contributed by atoms with Crippen LogP contribution >= 0.6 is 34.8 Å². The third kappa shape index (κ3) is 6.91. The predicted molar refractivity (Wildman–Crippen MR) is 85.2 cm³/mol.